The summed E-state index contributed by atoms with van der Waals surface area (Å²) in [6, 6.07) is 7.87. The van der Waals surface area contributed by atoms with E-state index >= 15 is 0 Å². The molecule has 2 atom stereocenters. The number of aliphatic carboxylic acids is 1. The molecule has 1 saturated carbocycles. The zero-order valence-electron chi connectivity index (χ0n) is 12.6. The van der Waals surface area contributed by atoms with Gasteiger partial charge in [-0.3, -0.25) is 4.79 Å². The monoisotopic (exact) mass is 289 g/mol. The SMILES string of the molecule is CC1(C)CCCCC1C(=O)N[C@@H](C(=O)O)c1ccccc1. The molecule has 1 aromatic rings. The van der Waals surface area contributed by atoms with Crippen molar-refractivity contribution in [3.8, 4) is 0 Å². The number of benzene rings is 1. The number of hydrogen-bond acceptors (Lipinski definition) is 2. The van der Waals surface area contributed by atoms with Crippen LogP contribution in [0.15, 0.2) is 30.3 Å². The maximum absolute atomic E-state index is 12.5. The number of rotatable bonds is 4. The molecule has 1 amide bonds. The molecule has 114 valence electrons. The average Bonchev–Trinajstić information content (AvgIpc) is 2.44. The number of nitrogens with one attached hydrogen (secondary N) is 1. The first-order valence-corrected chi connectivity index (χ1v) is 7.50. The number of carboxylic acid groups (broad SMARTS) is 1. The van der Waals surface area contributed by atoms with Crippen molar-refractivity contribution in [2.45, 2.75) is 45.6 Å². The molecule has 1 aromatic carbocycles. The third-order valence-electron chi connectivity index (χ3n) is 4.49. The number of carbonyl (C=O) groups is 2. The minimum Gasteiger partial charge on any atom is -0.479 e. The molecule has 0 aromatic heterocycles. The lowest BCUT2D eigenvalue weighted by molar-refractivity contribution is -0.144. The van der Waals surface area contributed by atoms with Crippen LogP contribution in [-0.4, -0.2) is 17.0 Å². The fourth-order valence-electron chi connectivity index (χ4n) is 3.16. The van der Waals surface area contributed by atoms with Crippen molar-refractivity contribution in [1.29, 1.82) is 0 Å². The van der Waals surface area contributed by atoms with E-state index in [-0.39, 0.29) is 17.2 Å². The fourth-order valence-corrected chi connectivity index (χ4v) is 3.16. The minimum atomic E-state index is -1.02. The molecule has 0 aliphatic heterocycles. The summed E-state index contributed by atoms with van der Waals surface area (Å²) in [7, 11) is 0. The number of hydrogen-bond donors (Lipinski definition) is 2. The van der Waals surface area contributed by atoms with Gasteiger partial charge in [0, 0.05) is 5.92 Å². The highest BCUT2D eigenvalue weighted by Gasteiger charge is 2.38. The Balaban J connectivity index is 2.14. The lowest BCUT2D eigenvalue weighted by Gasteiger charge is -2.38. The predicted octanol–water partition coefficient (Wildman–Crippen LogP) is 3.14. The van der Waals surface area contributed by atoms with E-state index in [2.05, 4.69) is 19.2 Å². The summed E-state index contributed by atoms with van der Waals surface area (Å²) < 4.78 is 0. The highest BCUT2D eigenvalue weighted by atomic mass is 16.4. The zero-order chi connectivity index (χ0) is 15.5. The summed E-state index contributed by atoms with van der Waals surface area (Å²) in [6.45, 7) is 4.18. The van der Waals surface area contributed by atoms with E-state index in [1.807, 2.05) is 6.07 Å². The lowest BCUT2D eigenvalue weighted by atomic mass is 9.68. The van der Waals surface area contributed by atoms with Gasteiger partial charge in [0.25, 0.3) is 0 Å². The molecular formula is C17H23NO3. The molecule has 0 heterocycles. The molecule has 2 N–H and O–H groups in total. The summed E-state index contributed by atoms with van der Waals surface area (Å²) >= 11 is 0. The Hall–Kier alpha value is -1.84. The summed E-state index contributed by atoms with van der Waals surface area (Å²) in [5.74, 6) is -1.28. The first kappa shape index (κ1) is 15.5. The molecule has 0 saturated heterocycles. The molecule has 4 heteroatoms. The van der Waals surface area contributed by atoms with Crippen LogP contribution in [0, 0.1) is 11.3 Å². The van der Waals surface area contributed by atoms with Gasteiger partial charge in [0.1, 0.15) is 0 Å². The standard InChI is InChI=1S/C17H23NO3/c1-17(2)11-7-6-10-13(17)15(19)18-14(16(20)21)12-8-4-3-5-9-12/h3-5,8-9,13-14H,6-7,10-11H2,1-2H3,(H,18,19)(H,20,21)/t13?,14-/m1/s1. The Morgan fingerprint density at radius 1 is 1.24 bits per heavy atom. The summed E-state index contributed by atoms with van der Waals surface area (Å²) in [4.78, 5) is 24.0. The molecule has 0 radical (unpaired) electrons. The van der Waals surface area contributed by atoms with Gasteiger partial charge in [0.15, 0.2) is 6.04 Å². The number of carbonyl (C=O) groups excluding carboxylic acids is 1. The molecule has 1 aliphatic rings. The van der Waals surface area contributed by atoms with Crippen molar-refractivity contribution in [2.24, 2.45) is 11.3 Å². The topological polar surface area (TPSA) is 66.4 Å². The predicted molar refractivity (Wildman–Crippen MR) is 80.7 cm³/mol. The van der Waals surface area contributed by atoms with Crippen molar-refractivity contribution in [3.05, 3.63) is 35.9 Å². The van der Waals surface area contributed by atoms with Crippen LogP contribution in [0.2, 0.25) is 0 Å². The van der Waals surface area contributed by atoms with E-state index in [0.29, 0.717) is 5.56 Å². The quantitative estimate of drug-likeness (QED) is 0.894. The van der Waals surface area contributed by atoms with E-state index in [0.717, 1.165) is 25.7 Å². The van der Waals surface area contributed by atoms with Gasteiger partial charge in [-0.05, 0) is 23.8 Å². The molecule has 0 bridgehead atoms. The molecule has 1 unspecified atom stereocenters. The van der Waals surface area contributed by atoms with Gasteiger partial charge < -0.3 is 10.4 Å². The Labute approximate surface area is 125 Å². The molecule has 1 aliphatic carbocycles. The second-order valence-electron chi connectivity index (χ2n) is 6.48. The first-order valence-electron chi connectivity index (χ1n) is 7.50. The second kappa shape index (κ2) is 6.29. The first-order chi connectivity index (χ1) is 9.92. The Morgan fingerprint density at radius 3 is 2.48 bits per heavy atom. The fraction of sp³-hybridized carbons (Fsp3) is 0.529. The molecular weight excluding hydrogens is 266 g/mol. The van der Waals surface area contributed by atoms with E-state index in [1.54, 1.807) is 24.3 Å². The summed E-state index contributed by atoms with van der Waals surface area (Å²) in [6.07, 6.45) is 4.01. The largest absolute Gasteiger partial charge is 0.479 e. The van der Waals surface area contributed by atoms with Crippen LogP contribution in [0.1, 0.15) is 51.1 Å². The minimum absolute atomic E-state index is 0.0674. The van der Waals surface area contributed by atoms with Gasteiger partial charge >= 0.3 is 5.97 Å². The lowest BCUT2D eigenvalue weighted by Crippen LogP contribution is -2.44. The van der Waals surface area contributed by atoms with Crippen LogP contribution >= 0.6 is 0 Å². The van der Waals surface area contributed by atoms with Gasteiger partial charge in [0.2, 0.25) is 5.91 Å². The summed E-state index contributed by atoms with van der Waals surface area (Å²) in [5.41, 5.74) is 0.536. The highest BCUT2D eigenvalue weighted by molar-refractivity contribution is 5.86. The summed E-state index contributed by atoms with van der Waals surface area (Å²) in [5, 5.41) is 12.1. The van der Waals surface area contributed by atoms with Crippen molar-refractivity contribution < 1.29 is 14.7 Å². The van der Waals surface area contributed by atoms with Crippen LogP contribution < -0.4 is 5.32 Å². The Morgan fingerprint density at radius 2 is 1.90 bits per heavy atom. The highest BCUT2D eigenvalue weighted by Crippen LogP contribution is 2.40. The molecule has 0 spiro atoms. The van der Waals surface area contributed by atoms with Crippen molar-refractivity contribution in [2.75, 3.05) is 0 Å². The zero-order valence-corrected chi connectivity index (χ0v) is 12.6. The molecule has 2 rings (SSSR count). The van der Waals surface area contributed by atoms with Gasteiger partial charge in [-0.1, -0.05) is 57.0 Å². The van der Waals surface area contributed by atoms with Crippen LogP contribution in [-0.2, 0) is 9.59 Å². The van der Waals surface area contributed by atoms with Crippen LogP contribution in [0.3, 0.4) is 0 Å². The van der Waals surface area contributed by atoms with E-state index in [4.69, 9.17) is 0 Å². The number of amides is 1. The van der Waals surface area contributed by atoms with Crippen molar-refractivity contribution in [3.63, 3.8) is 0 Å². The van der Waals surface area contributed by atoms with Crippen LogP contribution in [0.4, 0.5) is 0 Å². The van der Waals surface area contributed by atoms with Gasteiger partial charge in [-0.25, -0.2) is 4.79 Å². The van der Waals surface area contributed by atoms with E-state index in [1.165, 1.54) is 0 Å². The van der Waals surface area contributed by atoms with Crippen LogP contribution in [0.25, 0.3) is 0 Å². The van der Waals surface area contributed by atoms with Crippen molar-refractivity contribution >= 4 is 11.9 Å². The average molecular weight is 289 g/mol. The molecule has 21 heavy (non-hydrogen) atoms. The van der Waals surface area contributed by atoms with Gasteiger partial charge in [-0.15, -0.1) is 0 Å². The smallest absolute Gasteiger partial charge is 0.330 e. The maximum Gasteiger partial charge on any atom is 0.330 e. The normalized spacial score (nSPS) is 22.3. The van der Waals surface area contributed by atoms with Crippen LogP contribution in [0.5, 0.6) is 0 Å². The van der Waals surface area contributed by atoms with Crippen molar-refractivity contribution in [1.82, 2.24) is 5.32 Å². The second-order valence-corrected chi connectivity index (χ2v) is 6.48. The Bertz CT molecular complexity index is 510. The van der Waals surface area contributed by atoms with Gasteiger partial charge in [0.05, 0.1) is 0 Å². The van der Waals surface area contributed by atoms with Gasteiger partial charge in [-0.2, -0.15) is 0 Å². The van der Waals surface area contributed by atoms with E-state index in [9.17, 15) is 14.7 Å². The Kier molecular flexibility index (Phi) is 4.66. The molecule has 4 nitrogen and oxygen atoms in total. The number of carboxylic acids is 1. The maximum atomic E-state index is 12.5. The third-order valence-corrected chi connectivity index (χ3v) is 4.49. The molecule has 1 fully saturated rings. The third kappa shape index (κ3) is 3.63. The van der Waals surface area contributed by atoms with E-state index < -0.39 is 12.0 Å².